The maximum absolute atomic E-state index is 13.0. The lowest BCUT2D eigenvalue weighted by atomic mass is 10.1. The molecule has 1 aromatic heterocycles. The van der Waals surface area contributed by atoms with Crippen LogP contribution in [0.3, 0.4) is 0 Å². The molecule has 0 aliphatic heterocycles. The number of carbonyl (C=O) groups is 1. The monoisotopic (exact) mass is 461 g/mol. The van der Waals surface area contributed by atoms with Crippen LogP contribution < -0.4 is 15.4 Å². The highest BCUT2D eigenvalue weighted by atomic mass is 32.2. The van der Waals surface area contributed by atoms with Gasteiger partial charge < -0.3 is 15.4 Å². The number of methoxy groups -OCH3 is 1. The minimum Gasteiger partial charge on any atom is -0.497 e. The first kappa shape index (κ1) is 22.3. The van der Waals surface area contributed by atoms with Gasteiger partial charge in [-0.1, -0.05) is 0 Å². The molecule has 4 aromatic rings. The molecule has 7 nitrogen and oxygen atoms in total. The van der Waals surface area contributed by atoms with Crippen LogP contribution in [0, 0.1) is 6.92 Å². The van der Waals surface area contributed by atoms with E-state index in [0.29, 0.717) is 5.69 Å². The van der Waals surface area contributed by atoms with Gasteiger partial charge in [-0.3, -0.25) is 9.78 Å². The van der Waals surface area contributed by atoms with Gasteiger partial charge in [0.05, 0.1) is 22.4 Å². The molecular weight excluding hydrogens is 438 g/mol. The number of nitrogens with one attached hydrogen (secondary N) is 2. The SMILES string of the molecule is COc1ccc2nc(C)cc(Nc3ccc(S(=O)(=O)c4ccc(NC(C)=O)cc4)cc3)c2c1. The maximum atomic E-state index is 13.0. The number of ether oxygens (including phenoxy) is 1. The molecule has 0 fully saturated rings. The minimum atomic E-state index is -3.69. The number of anilines is 3. The number of sulfone groups is 1. The van der Waals surface area contributed by atoms with Crippen LogP contribution >= 0.6 is 0 Å². The number of aromatic nitrogens is 1. The lowest BCUT2D eigenvalue weighted by molar-refractivity contribution is -0.114. The van der Waals surface area contributed by atoms with Gasteiger partial charge in [-0.2, -0.15) is 0 Å². The van der Waals surface area contributed by atoms with Crippen LogP contribution in [0.1, 0.15) is 12.6 Å². The van der Waals surface area contributed by atoms with E-state index in [1.807, 2.05) is 31.2 Å². The van der Waals surface area contributed by atoms with Crippen LogP contribution in [-0.4, -0.2) is 26.4 Å². The number of hydrogen-bond acceptors (Lipinski definition) is 6. The van der Waals surface area contributed by atoms with Crippen molar-refractivity contribution in [3.8, 4) is 5.75 Å². The molecule has 168 valence electrons. The Morgan fingerprint density at radius 2 is 1.48 bits per heavy atom. The van der Waals surface area contributed by atoms with Crippen molar-refractivity contribution in [1.29, 1.82) is 0 Å². The van der Waals surface area contributed by atoms with Gasteiger partial charge >= 0.3 is 0 Å². The molecule has 0 saturated heterocycles. The molecule has 3 aromatic carbocycles. The minimum absolute atomic E-state index is 0.153. The van der Waals surface area contributed by atoms with Gasteiger partial charge in [0.1, 0.15) is 5.75 Å². The zero-order valence-corrected chi connectivity index (χ0v) is 19.2. The third-order valence-corrected chi connectivity index (χ3v) is 6.86. The van der Waals surface area contributed by atoms with E-state index in [0.717, 1.165) is 33.7 Å². The second kappa shape index (κ2) is 8.91. The first-order valence-electron chi connectivity index (χ1n) is 10.2. The number of fused-ring (bicyclic) bond motifs is 1. The van der Waals surface area contributed by atoms with E-state index < -0.39 is 9.84 Å². The number of benzene rings is 3. The van der Waals surface area contributed by atoms with E-state index >= 15 is 0 Å². The smallest absolute Gasteiger partial charge is 0.221 e. The molecule has 0 radical (unpaired) electrons. The van der Waals surface area contributed by atoms with E-state index in [9.17, 15) is 13.2 Å². The van der Waals surface area contributed by atoms with E-state index in [-0.39, 0.29) is 15.7 Å². The van der Waals surface area contributed by atoms with E-state index in [1.165, 1.54) is 19.1 Å². The summed E-state index contributed by atoms with van der Waals surface area (Å²) in [5.74, 6) is 0.506. The van der Waals surface area contributed by atoms with E-state index in [1.54, 1.807) is 43.5 Å². The molecule has 8 heteroatoms. The predicted molar refractivity (Wildman–Crippen MR) is 129 cm³/mol. The van der Waals surface area contributed by atoms with Crippen LogP contribution in [0.25, 0.3) is 10.9 Å². The number of pyridine rings is 1. The molecule has 0 unspecified atom stereocenters. The van der Waals surface area contributed by atoms with Crippen LogP contribution in [0.4, 0.5) is 17.1 Å². The van der Waals surface area contributed by atoms with Crippen molar-refractivity contribution in [3.63, 3.8) is 0 Å². The summed E-state index contributed by atoms with van der Waals surface area (Å²) in [6, 6.07) is 20.3. The van der Waals surface area contributed by atoms with Gasteiger partial charge in [0.25, 0.3) is 0 Å². The van der Waals surface area contributed by atoms with Gasteiger partial charge in [0, 0.05) is 35.1 Å². The third kappa shape index (κ3) is 4.80. The summed E-state index contributed by atoms with van der Waals surface area (Å²) in [7, 11) is -2.08. The Kier molecular flexibility index (Phi) is 6.02. The summed E-state index contributed by atoms with van der Waals surface area (Å²) in [6.07, 6.45) is 0. The Bertz CT molecular complexity index is 1430. The largest absolute Gasteiger partial charge is 0.497 e. The molecule has 33 heavy (non-hydrogen) atoms. The number of carbonyl (C=O) groups excluding carboxylic acids is 1. The quantitative estimate of drug-likeness (QED) is 0.415. The van der Waals surface area contributed by atoms with Crippen molar-refractivity contribution in [1.82, 2.24) is 4.98 Å². The number of amides is 1. The summed E-state index contributed by atoms with van der Waals surface area (Å²) in [5, 5.41) is 6.87. The second-order valence-corrected chi connectivity index (χ2v) is 9.50. The van der Waals surface area contributed by atoms with Crippen LogP contribution in [0.5, 0.6) is 5.75 Å². The fraction of sp³-hybridized carbons (Fsp3) is 0.120. The molecule has 0 bridgehead atoms. The number of hydrogen-bond donors (Lipinski definition) is 2. The Morgan fingerprint density at radius 1 is 0.879 bits per heavy atom. The van der Waals surface area contributed by atoms with E-state index in [2.05, 4.69) is 15.6 Å². The van der Waals surface area contributed by atoms with Crippen LogP contribution in [-0.2, 0) is 14.6 Å². The zero-order valence-electron chi connectivity index (χ0n) is 18.4. The predicted octanol–water partition coefficient (Wildman–Crippen LogP) is 5.09. The Morgan fingerprint density at radius 3 is 2.06 bits per heavy atom. The molecule has 0 spiro atoms. The summed E-state index contributed by atoms with van der Waals surface area (Å²) in [6.45, 7) is 3.31. The van der Waals surface area contributed by atoms with Gasteiger partial charge in [-0.15, -0.1) is 0 Å². The molecule has 0 atom stereocenters. The Labute approximate surface area is 192 Å². The van der Waals surface area contributed by atoms with Crippen molar-refractivity contribution >= 4 is 43.7 Å². The van der Waals surface area contributed by atoms with Crippen molar-refractivity contribution in [2.24, 2.45) is 0 Å². The lowest BCUT2D eigenvalue weighted by Crippen LogP contribution is -2.06. The average molecular weight is 462 g/mol. The standard InChI is InChI=1S/C25H23N3O4S/c1-16-14-25(23-15-20(32-3)8-13-24(23)26-16)28-19-6-11-22(12-7-19)33(30,31)21-9-4-18(5-10-21)27-17(2)29/h4-15H,1-3H3,(H,26,28)(H,27,29). The first-order chi connectivity index (χ1) is 15.8. The fourth-order valence-electron chi connectivity index (χ4n) is 3.50. The Balaban J connectivity index is 1.61. The van der Waals surface area contributed by atoms with Gasteiger partial charge in [-0.25, -0.2) is 8.42 Å². The summed E-state index contributed by atoms with van der Waals surface area (Å²) in [5.41, 5.74) is 3.82. The molecule has 1 heterocycles. The van der Waals surface area contributed by atoms with Crippen molar-refractivity contribution in [2.75, 3.05) is 17.7 Å². The molecule has 0 aliphatic carbocycles. The topological polar surface area (TPSA) is 97.4 Å². The summed E-state index contributed by atoms with van der Waals surface area (Å²) in [4.78, 5) is 16.0. The van der Waals surface area contributed by atoms with Crippen molar-refractivity contribution in [2.45, 2.75) is 23.6 Å². The molecule has 2 N–H and O–H groups in total. The lowest BCUT2D eigenvalue weighted by Gasteiger charge is -2.13. The Hall–Kier alpha value is -3.91. The second-order valence-electron chi connectivity index (χ2n) is 7.55. The van der Waals surface area contributed by atoms with Gasteiger partial charge in [0.2, 0.25) is 15.7 Å². The molecule has 1 amide bonds. The van der Waals surface area contributed by atoms with Crippen LogP contribution in [0.15, 0.2) is 82.6 Å². The normalized spacial score (nSPS) is 11.2. The van der Waals surface area contributed by atoms with Crippen molar-refractivity contribution < 1.29 is 17.9 Å². The molecule has 0 saturated carbocycles. The first-order valence-corrected chi connectivity index (χ1v) is 11.7. The molecular formula is C25H23N3O4S. The maximum Gasteiger partial charge on any atom is 0.221 e. The fourth-order valence-corrected chi connectivity index (χ4v) is 4.76. The van der Waals surface area contributed by atoms with Crippen LogP contribution in [0.2, 0.25) is 0 Å². The highest BCUT2D eigenvalue weighted by molar-refractivity contribution is 7.91. The van der Waals surface area contributed by atoms with Gasteiger partial charge in [-0.05, 0) is 79.7 Å². The number of rotatable bonds is 6. The number of aryl methyl sites for hydroxylation is 1. The third-order valence-electron chi connectivity index (χ3n) is 5.07. The van der Waals surface area contributed by atoms with Crippen molar-refractivity contribution in [3.05, 3.63) is 78.5 Å². The average Bonchev–Trinajstić information content (AvgIpc) is 2.79. The number of nitrogens with zero attached hydrogens (tertiary/aromatic N) is 1. The highest BCUT2D eigenvalue weighted by Crippen LogP contribution is 2.30. The highest BCUT2D eigenvalue weighted by Gasteiger charge is 2.17. The van der Waals surface area contributed by atoms with Gasteiger partial charge in [0.15, 0.2) is 0 Å². The van der Waals surface area contributed by atoms with E-state index in [4.69, 9.17) is 4.74 Å². The summed E-state index contributed by atoms with van der Waals surface area (Å²) < 4.78 is 31.3. The summed E-state index contributed by atoms with van der Waals surface area (Å²) >= 11 is 0. The molecule has 0 aliphatic rings. The molecule has 4 rings (SSSR count). The zero-order chi connectivity index (χ0) is 23.6.